The van der Waals surface area contributed by atoms with Gasteiger partial charge in [0.25, 0.3) is 0 Å². The van der Waals surface area contributed by atoms with Gasteiger partial charge < -0.3 is 0 Å². The van der Waals surface area contributed by atoms with Gasteiger partial charge in [-0.3, -0.25) is 4.98 Å². The fourth-order valence-corrected chi connectivity index (χ4v) is 0.313. The molecule has 0 saturated heterocycles. The number of nitrogens with zero attached hydrogens (tertiary/aromatic N) is 3. The Balaban J connectivity index is 0.000000222. The molecule has 0 spiro atoms. The molecular weight excluding hydrogens is 102 g/mol. The average molecular weight is 107 g/mol. The second kappa shape index (κ2) is 5.57. The number of hydrogen-bond donors (Lipinski definition) is 0. The predicted molar refractivity (Wildman–Crippen MR) is 27.7 cm³/mol. The Morgan fingerprint density at radius 1 is 0.875 bits per heavy atom. The highest BCUT2D eigenvalue weighted by atomic mass is 14.6. The SMILES string of the molecule is N#N.c1ccncc1. The van der Waals surface area contributed by atoms with E-state index in [-0.39, 0.29) is 0 Å². The molecule has 0 atom stereocenters. The van der Waals surface area contributed by atoms with Crippen LogP contribution in [0.4, 0.5) is 0 Å². The third kappa shape index (κ3) is 2.79. The normalized spacial score (nSPS) is 6.25. The van der Waals surface area contributed by atoms with Crippen LogP contribution in [0.1, 0.15) is 0 Å². The first-order chi connectivity index (χ1) is 4.00. The van der Waals surface area contributed by atoms with E-state index >= 15 is 0 Å². The lowest BCUT2D eigenvalue weighted by atomic mass is 10.5. The molecule has 0 aliphatic rings. The van der Waals surface area contributed by atoms with Crippen LogP contribution in [0.15, 0.2) is 30.6 Å². The van der Waals surface area contributed by atoms with Crippen LogP contribution in [0.2, 0.25) is 0 Å². The van der Waals surface area contributed by atoms with E-state index in [1.54, 1.807) is 12.4 Å². The minimum atomic E-state index is 1.75. The number of rotatable bonds is 0. The molecule has 40 valence electrons. The van der Waals surface area contributed by atoms with Gasteiger partial charge in [0.1, 0.15) is 0 Å². The number of hydrogen-bond acceptors (Lipinski definition) is 3. The summed E-state index contributed by atoms with van der Waals surface area (Å²) >= 11 is 0. The number of pyridine rings is 1. The molecule has 0 fully saturated rings. The third-order valence-corrected chi connectivity index (χ3v) is 0.566. The zero-order valence-electron chi connectivity index (χ0n) is 4.23. The summed E-state index contributed by atoms with van der Waals surface area (Å²) < 4.78 is 0. The topological polar surface area (TPSA) is 60.5 Å². The first-order valence-electron chi connectivity index (χ1n) is 2.05. The largest absolute Gasteiger partial charge is 0.265 e. The Morgan fingerprint density at radius 2 is 1.38 bits per heavy atom. The first kappa shape index (κ1) is 6.57. The van der Waals surface area contributed by atoms with Crippen LogP contribution in [0.5, 0.6) is 0 Å². The highest BCUT2D eigenvalue weighted by molar-refractivity contribution is 4.88. The zero-order valence-corrected chi connectivity index (χ0v) is 4.23. The van der Waals surface area contributed by atoms with E-state index in [0.717, 1.165) is 0 Å². The molecule has 1 heterocycles. The lowest BCUT2D eigenvalue weighted by Gasteiger charge is -1.70. The molecule has 1 aromatic rings. The molecule has 0 N–H and O–H groups in total. The van der Waals surface area contributed by atoms with Gasteiger partial charge >= 0.3 is 0 Å². The van der Waals surface area contributed by atoms with Gasteiger partial charge in [-0.05, 0) is 12.1 Å². The minimum Gasteiger partial charge on any atom is -0.265 e. The monoisotopic (exact) mass is 107 g/mol. The lowest BCUT2D eigenvalue weighted by Crippen LogP contribution is -1.58. The molecule has 0 radical (unpaired) electrons. The highest BCUT2D eigenvalue weighted by Gasteiger charge is 1.58. The van der Waals surface area contributed by atoms with Gasteiger partial charge in [0, 0.05) is 23.2 Å². The fraction of sp³-hybridized carbons (Fsp3) is 0. The molecule has 0 saturated carbocycles. The van der Waals surface area contributed by atoms with Crippen LogP contribution in [0.3, 0.4) is 0 Å². The van der Waals surface area contributed by atoms with E-state index in [1.807, 2.05) is 18.2 Å². The summed E-state index contributed by atoms with van der Waals surface area (Å²) in [7, 11) is 0. The summed E-state index contributed by atoms with van der Waals surface area (Å²) in [5.41, 5.74) is 0. The Hall–Kier alpha value is -1.43. The molecule has 8 heavy (non-hydrogen) atoms. The van der Waals surface area contributed by atoms with Crippen LogP contribution in [0, 0.1) is 10.8 Å². The Labute approximate surface area is 47.4 Å². The lowest BCUT2D eigenvalue weighted by molar-refractivity contribution is 1.15. The van der Waals surface area contributed by atoms with Crippen LogP contribution >= 0.6 is 0 Å². The maximum atomic E-state index is 6.00. The van der Waals surface area contributed by atoms with Crippen LogP contribution in [-0.4, -0.2) is 4.98 Å². The van der Waals surface area contributed by atoms with Crippen molar-refractivity contribution in [1.82, 2.24) is 4.98 Å². The van der Waals surface area contributed by atoms with E-state index in [9.17, 15) is 0 Å². The van der Waals surface area contributed by atoms with Gasteiger partial charge in [-0.15, -0.1) is 0 Å². The van der Waals surface area contributed by atoms with Gasteiger partial charge in [0.2, 0.25) is 0 Å². The molecule has 0 bridgehead atoms. The summed E-state index contributed by atoms with van der Waals surface area (Å²) in [5, 5.41) is 12.0. The summed E-state index contributed by atoms with van der Waals surface area (Å²) in [6, 6.07) is 5.72. The van der Waals surface area contributed by atoms with Crippen molar-refractivity contribution >= 4 is 0 Å². The summed E-state index contributed by atoms with van der Waals surface area (Å²) in [6.07, 6.45) is 3.50. The van der Waals surface area contributed by atoms with Crippen molar-refractivity contribution in [2.75, 3.05) is 0 Å². The third-order valence-electron chi connectivity index (χ3n) is 0.566. The van der Waals surface area contributed by atoms with Crippen LogP contribution in [-0.2, 0) is 0 Å². The average Bonchev–Trinajstić information content (AvgIpc) is 1.96. The molecule has 3 heteroatoms. The zero-order chi connectivity index (χ0) is 6.24. The van der Waals surface area contributed by atoms with Crippen molar-refractivity contribution in [3.05, 3.63) is 30.6 Å². The van der Waals surface area contributed by atoms with Gasteiger partial charge in [-0.2, -0.15) is 0 Å². The quantitative estimate of drug-likeness (QED) is 0.466. The fourth-order valence-electron chi connectivity index (χ4n) is 0.313. The second-order valence-corrected chi connectivity index (χ2v) is 1.02. The predicted octanol–water partition coefficient (Wildman–Crippen LogP) is 1.11. The molecule has 3 nitrogen and oxygen atoms in total. The van der Waals surface area contributed by atoms with Crippen molar-refractivity contribution in [3.8, 4) is 0 Å². The van der Waals surface area contributed by atoms with Crippen molar-refractivity contribution in [2.45, 2.75) is 0 Å². The van der Waals surface area contributed by atoms with Gasteiger partial charge in [-0.25, -0.2) is 0 Å². The maximum Gasteiger partial charge on any atom is 0.0267 e. The number of aromatic nitrogens is 1. The minimum absolute atomic E-state index is 1.75. The van der Waals surface area contributed by atoms with E-state index in [0.29, 0.717) is 0 Å². The maximum absolute atomic E-state index is 6.00. The Kier molecular flexibility index (Phi) is 4.57. The van der Waals surface area contributed by atoms with Gasteiger partial charge in [0.05, 0.1) is 0 Å². The molecular formula is C5H5N3. The van der Waals surface area contributed by atoms with Crippen molar-refractivity contribution in [3.63, 3.8) is 0 Å². The molecule has 0 unspecified atom stereocenters. The highest BCUT2D eigenvalue weighted by Crippen LogP contribution is 1.73. The van der Waals surface area contributed by atoms with Crippen molar-refractivity contribution < 1.29 is 0 Å². The van der Waals surface area contributed by atoms with Crippen molar-refractivity contribution in [1.29, 1.82) is 10.8 Å². The summed E-state index contributed by atoms with van der Waals surface area (Å²) in [4.78, 5) is 3.78. The Bertz CT molecular complexity index is 108. The summed E-state index contributed by atoms with van der Waals surface area (Å²) in [6.45, 7) is 0. The van der Waals surface area contributed by atoms with E-state index in [2.05, 4.69) is 4.98 Å². The standard InChI is InChI=1S/C5H5N.N2/c1-2-4-6-5-3-1;1-2/h1-5H;. The van der Waals surface area contributed by atoms with Gasteiger partial charge in [0.15, 0.2) is 0 Å². The van der Waals surface area contributed by atoms with Gasteiger partial charge in [-0.1, -0.05) is 6.07 Å². The van der Waals surface area contributed by atoms with E-state index in [4.69, 9.17) is 10.8 Å². The molecule has 0 aliphatic heterocycles. The van der Waals surface area contributed by atoms with Crippen LogP contribution in [0.25, 0.3) is 0 Å². The van der Waals surface area contributed by atoms with Crippen molar-refractivity contribution in [2.24, 2.45) is 0 Å². The molecule has 1 aromatic heterocycles. The van der Waals surface area contributed by atoms with E-state index in [1.165, 1.54) is 0 Å². The molecule has 0 amide bonds. The second-order valence-electron chi connectivity index (χ2n) is 1.02. The molecule has 0 aromatic carbocycles. The first-order valence-corrected chi connectivity index (χ1v) is 2.05. The van der Waals surface area contributed by atoms with Crippen LogP contribution < -0.4 is 0 Å². The molecule has 0 aliphatic carbocycles. The van der Waals surface area contributed by atoms with E-state index < -0.39 is 0 Å². The smallest absolute Gasteiger partial charge is 0.0267 e. The summed E-state index contributed by atoms with van der Waals surface area (Å²) in [5.74, 6) is 0. The Morgan fingerprint density at radius 3 is 1.50 bits per heavy atom. The molecule has 1 rings (SSSR count).